The van der Waals surface area contributed by atoms with E-state index >= 15 is 0 Å². The quantitative estimate of drug-likeness (QED) is 0.631. The molecule has 1 N–H and O–H groups in total. The predicted molar refractivity (Wildman–Crippen MR) is 109 cm³/mol. The number of aromatic nitrogens is 2. The molecule has 0 spiro atoms. The zero-order valence-electron chi connectivity index (χ0n) is 16.1. The van der Waals surface area contributed by atoms with Gasteiger partial charge in [0.15, 0.2) is 11.7 Å². The van der Waals surface area contributed by atoms with E-state index in [9.17, 15) is 18.0 Å². The van der Waals surface area contributed by atoms with Gasteiger partial charge >= 0.3 is 6.18 Å². The lowest BCUT2D eigenvalue weighted by atomic mass is 10.2. The van der Waals surface area contributed by atoms with E-state index in [-0.39, 0.29) is 12.4 Å². The van der Waals surface area contributed by atoms with Gasteiger partial charge in [0, 0.05) is 13.1 Å². The van der Waals surface area contributed by atoms with Gasteiger partial charge in [-0.25, -0.2) is 9.97 Å². The summed E-state index contributed by atoms with van der Waals surface area (Å²) < 4.78 is 43.0. The minimum atomic E-state index is -4.41. The highest BCUT2D eigenvalue weighted by Gasteiger charge is 2.30. The highest BCUT2D eigenvalue weighted by Crippen LogP contribution is 2.31. The summed E-state index contributed by atoms with van der Waals surface area (Å²) in [6.07, 6.45) is -2.10. The van der Waals surface area contributed by atoms with Gasteiger partial charge in [-0.05, 0) is 55.7 Å². The summed E-state index contributed by atoms with van der Waals surface area (Å²) in [6, 6.07) is 6.19. The van der Waals surface area contributed by atoms with E-state index in [4.69, 9.17) is 4.74 Å². The third-order valence-electron chi connectivity index (χ3n) is 4.77. The standard InChI is InChI=1S/C20H19F3N4O2S/c1-12-10-15(27-8-2-3-9-27)24-18-17(12)26-19(30-18)25-16(28)11-29-14-6-4-13(5-7-14)20(21,22)23/h4-7,10H,2-3,8-9,11H2,1H3,(H,25,26,28). The summed E-state index contributed by atoms with van der Waals surface area (Å²) >= 11 is 1.28. The van der Waals surface area contributed by atoms with Crippen molar-refractivity contribution in [3.63, 3.8) is 0 Å². The maximum atomic E-state index is 12.6. The average molecular weight is 436 g/mol. The maximum Gasteiger partial charge on any atom is 0.416 e. The average Bonchev–Trinajstić information content (AvgIpc) is 3.36. The molecule has 1 saturated heterocycles. The number of thiazole rings is 1. The number of nitrogens with one attached hydrogen (secondary N) is 1. The minimum absolute atomic E-state index is 0.176. The number of alkyl halides is 3. The van der Waals surface area contributed by atoms with Crippen LogP contribution in [0.15, 0.2) is 30.3 Å². The van der Waals surface area contributed by atoms with E-state index in [0.717, 1.165) is 59.8 Å². The molecule has 0 bridgehead atoms. The number of amides is 1. The van der Waals surface area contributed by atoms with Gasteiger partial charge in [-0.1, -0.05) is 11.3 Å². The predicted octanol–water partition coefficient (Wildman–Crippen LogP) is 4.64. The Bertz CT molecular complexity index is 1060. The van der Waals surface area contributed by atoms with Crippen LogP contribution in [0.5, 0.6) is 5.75 Å². The zero-order chi connectivity index (χ0) is 21.3. The van der Waals surface area contributed by atoms with Crippen LogP contribution in [-0.2, 0) is 11.0 Å². The number of carbonyl (C=O) groups excluding carboxylic acids is 1. The Morgan fingerprint density at radius 2 is 1.90 bits per heavy atom. The molecule has 0 atom stereocenters. The van der Waals surface area contributed by atoms with Crippen molar-refractivity contribution >= 4 is 38.5 Å². The molecule has 1 fully saturated rings. The van der Waals surface area contributed by atoms with Crippen molar-refractivity contribution in [2.75, 3.05) is 29.9 Å². The summed E-state index contributed by atoms with van der Waals surface area (Å²) in [5.41, 5.74) is 0.950. The van der Waals surface area contributed by atoms with Crippen molar-refractivity contribution < 1.29 is 22.7 Å². The van der Waals surface area contributed by atoms with Crippen LogP contribution in [0.3, 0.4) is 0 Å². The van der Waals surface area contributed by atoms with Gasteiger partial charge in [-0.15, -0.1) is 0 Å². The molecule has 10 heteroatoms. The number of fused-ring (bicyclic) bond motifs is 1. The Hall–Kier alpha value is -2.88. The van der Waals surface area contributed by atoms with Gasteiger partial charge in [0.25, 0.3) is 5.91 Å². The number of hydrogen-bond acceptors (Lipinski definition) is 6. The van der Waals surface area contributed by atoms with Crippen molar-refractivity contribution in [3.8, 4) is 5.75 Å². The zero-order valence-corrected chi connectivity index (χ0v) is 16.9. The van der Waals surface area contributed by atoms with E-state index in [1.807, 2.05) is 13.0 Å². The van der Waals surface area contributed by atoms with Crippen molar-refractivity contribution in [1.82, 2.24) is 9.97 Å². The van der Waals surface area contributed by atoms with Gasteiger partial charge in [-0.3, -0.25) is 10.1 Å². The second-order valence-electron chi connectivity index (χ2n) is 7.02. The van der Waals surface area contributed by atoms with Crippen LogP contribution in [0.25, 0.3) is 10.3 Å². The molecule has 1 aliphatic rings. The molecule has 2 aromatic heterocycles. The third-order valence-corrected chi connectivity index (χ3v) is 5.64. The number of aryl methyl sites for hydroxylation is 1. The van der Waals surface area contributed by atoms with Gasteiger partial charge in [-0.2, -0.15) is 13.2 Å². The van der Waals surface area contributed by atoms with E-state index in [0.29, 0.717) is 5.13 Å². The molecule has 0 unspecified atom stereocenters. The fourth-order valence-corrected chi connectivity index (χ4v) is 4.18. The highest BCUT2D eigenvalue weighted by atomic mass is 32.1. The fraction of sp³-hybridized carbons (Fsp3) is 0.350. The van der Waals surface area contributed by atoms with E-state index in [1.54, 1.807) is 0 Å². The van der Waals surface area contributed by atoms with Crippen LogP contribution in [0.2, 0.25) is 0 Å². The second-order valence-corrected chi connectivity index (χ2v) is 8.00. The SMILES string of the molecule is Cc1cc(N2CCCC2)nc2sc(NC(=O)COc3ccc(C(F)(F)F)cc3)nc12. The number of nitrogens with zero attached hydrogens (tertiary/aromatic N) is 3. The molecule has 0 aliphatic carbocycles. The van der Waals surface area contributed by atoms with Crippen molar-refractivity contribution in [1.29, 1.82) is 0 Å². The molecule has 0 radical (unpaired) electrons. The first-order valence-electron chi connectivity index (χ1n) is 9.42. The normalized spacial score (nSPS) is 14.3. The maximum absolute atomic E-state index is 12.6. The molecular formula is C20H19F3N4O2S. The second kappa shape index (κ2) is 8.10. The fourth-order valence-electron chi connectivity index (χ4n) is 3.25. The Morgan fingerprint density at radius 1 is 1.20 bits per heavy atom. The monoisotopic (exact) mass is 436 g/mol. The largest absolute Gasteiger partial charge is 0.484 e. The van der Waals surface area contributed by atoms with E-state index in [2.05, 4.69) is 20.2 Å². The van der Waals surface area contributed by atoms with Gasteiger partial charge in [0.1, 0.15) is 21.9 Å². The Balaban J connectivity index is 1.40. The molecule has 158 valence electrons. The summed E-state index contributed by atoms with van der Waals surface area (Å²) in [5, 5.41) is 3.07. The summed E-state index contributed by atoms with van der Waals surface area (Å²) in [7, 11) is 0. The van der Waals surface area contributed by atoms with Gasteiger partial charge in [0.2, 0.25) is 0 Å². The minimum Gasteiger partial charge on any atom is -0.484 e. The van der Waals surface area contributed by atoms with E-state index in [1.165, 1.54) is 23.5 Å². The number of halogens is 3. The molecule has 6 nitrogen and oxygen atoms in total. The molecule has 30 heavy (non-hydrogen) atoms. The molecule has 1 aromatic carbocycles. The van der Waals surface area contributed by atoms with E-state index < -0.39 is 17.6 Å². The first kappa shape index (κ1) is 20.4. The van der Waals surface area contributed by atoms with Gasteiger partial charge < -0.3 is 9.64 Å². The molecule has 4 rings (SSSR count). The first-order valence-corrected chi connectivity index (χ1v) is 10.2. The van der Waals surface area contributed by atoms with Crippen LogP contribution in [0.1, 0.15) is 24.0 Å². The number of pyridine rings is 1. The van der Waals surface area contributed by atoms with Crippen molar-refractivity contribution in [3.05, 3.63) is 41.5 Å². The Kier molecular flexibility index (Phi) is 5.50. The first-order chi connectivity index (χ1) is 14.3. The number of carbonyl (C=O) groups is 1. The molecular weight excluding hydrogens is 417 g/mol. The number of ether oxygens (including phenoxy) is 1. The van der Waals surface area contributed by atoms with Gasteiger partial charge in [0.05, 0.1) is 5.56 Å². The lowest BCUT2D eigenvalue weighted by molar-refractivity contribution is -0.137. The molecule has 3 heterocycles. The van der Waals surface area contributed by atoms with Crippen LogP contribution in [0.4, 0.5) is 24.1 Å². The third kappa shape index (κ3) is 4.48. The number of rotatable bonds is 5. The smallest absolute Gasteiger partial charge is 0.416 e. The van der Waals surface area contributed by atoms with Crippen molar-refractivity contribution in [2.45, 2.75) is 25.9 Å². The van der Waals surface area contributed by atoms with Crippen LogP contribution >= 0.6 is 11.3 Å². The van der Waals surface area contributed by atoms with Crippen molar-refractivity contribution in [2.24, 2.45) is 0 Å². The summed E-state index contributed by atoms with van der Waals surface area (Å²) in [6.45, 7) is 3.60. The highest BCUT2D eigenvalue weighted by molar-refractivity contribution is 7.22. The number of benzene rings is 1. The van der Waals surface area contributed by atoms with Crippen LogP contribution in [-0.4, -0.2) is 35.6 Å². The molecule has 1 amide bonds. The summed E-state index contributed by atoms with van der Waals surface area (Å²) in [4.78, 5) is 24.3. The lowest BCUT2D eigenvalue weighted by Crippen LogP contribution is -2.20. The number of hydrogen-bond donors (Lipinski definition) is 1. The lowest BCUT2D eigenvalue weighted by Gasteiger charge is -2.16. The van der Waals surface area contributed by atoms with Crippen LogP contribution in [0, 0.1) is 6.92 Å². The summed E-state index contributed by atoms with van der Waals surface area (Å²) in [5.74, 6) is 0.645. The molecule has 0 saturated carbocycles. The van der Waals surface area contributed by atoms with Crippen LogP contribution < -0.4 is 15.0 Å². The molecule has 3 aromatic rings. The Labute approximate surface area is 174 Å². The molecule has 1 aliphatic heterocycles. The topological polar surface area (TPSA) is 67.4 Å². The Morgan fingerprint density at radius 3 is 2.57 bits per heavy atom. The number of anilines is 2.